The van der Waals surface area contributed by atoms with E-state index in [9.17, 15) is 4.39 Å². The Morgan fingerprint density at radius 3 is 2.94 bits per heavy atom. The molecule has 0 saturated heterocycles. The van der Waals surface area contributed by atoms with Gasteiger partial charge in [-0.2, -0.15) is 0 Å². The van der Waals surface area contributed by atoms with Crippen LogP contribution >= 0.6 is 15.9 Å². The van der Waals surface area contributed by atoms with Crippen LogP contribution in [0.25, 0.3) is 0 Å². The van der Waals surface area contributed by atoms with Crippen LogP contribution in [0.4, 0.5) is 10.2 Å². The number of hydrogen-bond donors (Lipinski definition) is 1. The van der Waals surface area contributed by atoms with Gasteiger partial charge in [0.25, 0.3) is 0 Å². The molecule has 0 atom stereocenters. The maximum absolute atomic E-state index is 13.1. The molecule has 2 nitrogen and oxygen atoms in total. The second-order valence-corrected chi connectivity index (χ2v) is 4.61. The lowest BCUT2D eigenvalue weighted by Crippen LogP contribution is -2.03. The Balaban J connectivity index is 2.12. The Morgan fingerprint density at radius 1 is 1.35 bits per heavy atom. The molecule has 0 unspecified atom stereocenters. The van der Waals surface area contributed by atoms with Crippen LogP contribution in [0.15, 0.2) is 41.0 Å². The van der Waals surface area contributed by atoms with Gasteiger partial charge in [0.1, 0.15) is 11.6 Å². The Morgan fingerprint density at radius 2 is 2.18 bits per heavy atom. The highest BCUT2D eigenvalue weighted by molar-refractivity contribution is 9.10. The molecule has 88 valence electrons. The summed E-state index contributed by atoms with van der Waals surface area (Å²) in [5.74, 6) is 0.589. The predicted molar refractivity (Wildman–Crippen MR) is 70.4 cm³/mol. The summed E-state index contributed by atoms with van der Waals surface area (Å²) >= 11 is 3.40. The van der Waals surface area contributed by atoms with Gasteiger partial charge in [0.05, 0.1) is 0 Å². The molecule has 1 N–H and O–H groups in total. The van der Waals surface area contributed by atoms with Gasteiger partial charge >= 0.3 is 0 Å². The average molecular weight is 295 g/mol. The Bertz CT molecular complexity index is 529. The van der Waals surface area contributed by atoms with Crippen LogP contribution in [0.3, 0.4) is 0 Å². The number of aryl methyl sites for hydroxylation is 1. The van der Waals surface area contributed by atoms with Gasteiger partial charge < -0.3 is 5.32 Å². The lowest BCUT2D eigenvalue weighted by atomic mass is 10.2. The molecule has 0 fully saturated rings. The number of pyridine rings is 1. The van der Waals surface area contributed by atoms with Crippen molar-refractivity contribution in [3.05, 3.63) is 57.9 Å². The highest BCUT2D eigenvalue weighted by atomic mass is 79.9. The van der Waals surface area contributed by atoms with Gasteiger partial charge in [-0.05, 0) is 42.3 Å². The lowest BCUT2D eigenvalue weighted by Gasteiger charge is -2.09. The number of nitrogens with one attached hydrogen (secondary N) is 1. The van der Waals surface area contributed by atoms with E-state index in [1.807, 2.05) is 19.1 Å². The van der Waals surface area contributed by atoms with E-state index in [4.69, 9.17) is 0 Å². The van der Waals surface area contributed by atoms with Gasteiger partial charge in [-0.25, -0.2) is 9.37 Å². The van der Waals surface area contributed by atoms with Crippen LogP contribution in [0.2, 0.25) is 0 Å². The third kappa shape index (κ3) is 3.03. The van der Waals surface area contributed by atoms with Crippen molar-refractivity contribution in [1.29, 1.82) is 0 Å². The van der Waals surface area contributed by atoms with E-state index in [0.29, 0.717) is 6.54 Å². The fourth-order valence-corrected chi connectivity index (χ4v) is 1.92. The van der Waals surface area contributed by atoms with E-state index in [1.54, 1.807) is 12.3 Å². The van der Waals surface area contributed by atoms with E-state index in [-0.39, 0.29) is 5.82 Å². The van der Waals surface area contributed by atoms with Crippen LogP contribution in [0.1, 0.15) is 11.1 Å². The molecule has 1 heterocycles. The molecule has 2 aromatic rings. The van der Waals surface area contributed by atoms with Crippen molar-refractivity contribution < 1.29 is 4.39 Å². The molecule has 0 radical (unpaired) electrons. The van der Waals surface area contributed by atoms with Crippen molar-refractivity contribution in [2.45, 2.75) is 13.5 Å². The van der Waals surface area contributed by atoms with Crippen molar-refractivity contribution in [1.82, 2.24) is 4.98 Å². The smallest absolute Gasteiger partial charge is 0.129 e. The zero-order valence-corrected chi connectivity index (χ0v) is 11.0. The van der Waals surface area contributed by atoms with Crippen molar-refractivity contribution in [3.8, 4) is 0 Å². The largest absolute Gasteiger partial charge is 0.366 e. The number of halogens is 2. The minimum absolute atomic E-state index is 0.234. The maximum Gasteiger partial charge on any atom is 0.129 e. The van der Waals surface area contributed by atoms with Crippen molar-refractivity contribution in [3.63, 3.8) is 0 Å². The second-order valence-electron chi connectivity index (χ2n) is 3.76. The molecule has 0 aliphatic rings. The van der Waals surface area contributed by atoms with Gasteiger partial charge in [-0.1, -0.05) is 22.0 Å². The summed E-state index contributed by atoms with van der Waals surface area (Å²) in [7, 11) is 0. The van der Waals surface area contributed by atoms with Crippen LogP contribution in [0, 0.1) is 12.7 Å². The van der Waals surface area contributed by atoms with E-state index in [2.05, 4.69) is 26.2 Å². The summed E-state index contributed by atoms with van der Waals surface area (Å²) in [5, 5.41) is 3.19. The molecule has 0 bridgehead atoms. The molecule has 1 aromatic heterocycles. The van der Waals surface area contributed by atoms with Crippen molar-refractivity contribution in [2.75, 3.05) is 5.32 Å². The van der Waals surface area contributed by atoms with Crippen molar-refractivity contribution in [2.24, 2.45) is 0 Å². The van der Waals surface area contributed by atoms with E-state index in [1.165, 1.54) is 12.1 Å². The molecule has 0 saturated carbocycles. The third-order valence-electron chi connectivity index (χ3n) is 2.46. The second kappa shape index (κ2) is 5.27. The number of anilines is 1. The highest BCUT2D eigenvalue weighted by Crippen LogP contribution is 2.19. The number of nitrogens with zero attached hydrogens (tertiary/aromatic N) is 1. The van der Waals surface area contributed by atoms with Crippen LogP contribution in [-0.2, 0) is 6.54 Å². The predicted octanol–water partition coefficient (Wildman–Crippen LogP) is 3.90. The molecule has 0 spiro atoms. The maximum atomic E-state index is 13.1. The fourth-order valence-electron chi connectivity index (χ4n) is 1.53. The third-order valence-corrected chi connectivity index (χ3v) is 3.24. The standard InChI is InChI=1S/C13H12BrFN2/c1-9-3-2-6-16-13(9)17-8-10-7-11(15)4-5-12(10)14/h2-7H,8H2,1H3,(H,16,17). The van der Waals surface area contributed by atoms with Gasteiger partial charge in [0.2, 0.25) is 0 Å². The SMILES string of the molecule is Cc1cccnc1NCc1cc(F)ccc1Br. The molecule has 0 aliphatic heterocycles. The summed E-state index contributed by atoms with van der Waals surface area (Å²) in [6.45, 7) is 2.52. The quantitative estimate of drug-likeness (QED) is 0.928. The number of hydrogen-bond acceptors (Lipinski definition) is 2. The fraction of sp³-hybridized carbons (Fsp3) is 0.154. The van der Waals surface area contributed by atoms with Gasteiger partial charge in [0, 0.05) is 17.2 Å². The summed E-state index contributed by atoms with van der Waals surface area (Å²) in [5.41, 5.74) is 1.94. The first kappa shape index (κ1) is 12.0. The number of benzene rings is 1. The monoisotopic (exact) mass is 294 g/mol. The summed E-state index contributed by atoms with van der Waals surface area (Å²) in [6, 6.07) is 8.52. The van der Waals surface area contributed by atoms with Crippen LogP contribution in [-0.4, -0.2) is 4.98 Å². The minimum Gasteiger partial charge on any atom is -0.366 e. The molecule has 4 heteroatoms. The summed E-state index contributed by atoms with van der Waals surface area (Å²) < 4.78 is 14.0. The topological polar surface area (TPSA) is 24.9 Å². The lowest BCUT2D eigenvalue weighted by molar-refractivity contribution is 0.625. The Kier molecular flexibility index (Phi) is 3.74. The van der Waals surface area contributed by atoms with Crippen molar-refractivity contribution >= 4 is 21.7 Å². The van der Waals surface area contributed by atoms with Crippen LogP contribution in [0.5, 0.6) is 0 Å². The zero-order valence-electron chi connectivity index (χ0n) is 9.37. The number of rotatable bonds is 3. The number of aromatic nitrogens is 1. The van der Waals surface area contributed by atoms with Gasteiger partial charge in [0.15, 0.2) is 0 Å². The van der Waals surface area contributed by atoms with Gasteiger partial charge in [-0.15, -0.1) is 0 Å². The summed E-state index contributed by atoms with van der Waals surface area (Å²) in [4.78, 5) is 4.23. The van der Waals surface area contributed by atoms with E-state index in [0.717, 1.165) is 21.4 Å². The normalized spacial score (nSPS) is 10.3. The van der Waals surface area contributed by atoms with Gasteiger partial charge in [-0.3, -0.25) is 0 Å². The average Bonchev–Trinajstić information content (AvgIpc) is 2.32. The van der Waals surface area contributed by atoms with E-state index >= 15 is 0 Å². The molecule has 0 aliphatic carbocycles. The molecule has 2 rings (SSSR count). The molecule has 1 aromatic carbocycles. The van der Waals surface area contributed by atoms with E-state index < -0.39 is 0 Å². The summed E-state index contributed by atoms with van der Waals surface area (Å²) in [6.07, 6.45) is 1.73. The Hall–Kier alpha value is -1.42. The first-order chi connectivity index (χ1) is 8.16. The molecular weight excluding hydrogens is 283 g/mol. The Labute approximate surface area is 108 Å². The highest BCUT2D eigenvalue weighted by Gasteiger charge is 2.03. The minimum atomic E-state index is -0.234. The first-order valence-corrected chi connectivity index (χ1v) is 6.05. The molecule has 17 heavy (non-hydrogen) atoms. The zero-order chi connectivity index (χ0) is 12.3. The first-order valence-electron chi connectivity index (χ1n) is 5.26. The molecular formula is C13H12BrFN2. The van der Waals surface area contributed by atoms with Crippen LogP contribution < -0.4 is 5.32 Å². The molecule has 0 amide bonds.